The molecular weight excluding hydrogens is 1660 g/mol. The van der Waals surface area contributed by atoms with Crippen molar-refractivity contribution in [2.45, 2.75) is 399 Å². The summed E-state index contributed by atoms with van der Waals surface area (Å²) >= 11 is 0. The predicted molar refractivity (Wildman–Crippen MR) is 481 cm³/mol. The molecule has 0 aliphatic carbocycles. The minimum absolute atomic E-state index is 0.0327. The third kappa shape index (κ3) is 21.5. The quantitative estimate of drug-likeness (QED) is 0.0268. The average molecular weight is 1790 g/mol. The van der Waals surface area contributed by atoms with Crippen molar-refractivity contribution in [2.24, 2.45) is 29.6 Å². The standard InChI is InChI=1S/C19H28B2NO6P.2C19H28B2NO5P.C12H19BNO3P.C9H15BO.C8H13BO2/c1-4-16-5-7-19(21,27-16)12-15(16)26-29(23,24-10-9-22-3)25-13-17-6-8-18(20,28-17)11-14(17)2;2*1-4-16-5-7-19(21,26-16)12-15(16)25-28(23-10-9-22-3)24-13-17-6-8-18(20,27-17)11-14(17)2;1-4-11-5-6-12(13,17-11)9-10(11)16-18(3)15-8-7-14-2;1-3-8-4-5-9(10,11-8)6-7(8)2;1-6-4-8(9)3-2-7(6,5-10)11-8/h14-15H,4-13H2,1-2H3;2*14-15H,4-13H2,1-2H3;10H,4-9H2,1,3H3;7H,3-6H2,1-2H3;6,10H,2-5H2,1H3. The fourth-order valence-corrected chi connectivity index (χ4v) is 28.9. The van der Waals surface area contributed by atoms with Crippen LogP contribution >= 0.6 is 33.4 Å². The highest BCUT2D eigenvalue weighted by Crippen LogP contribution is 2.66. The van der Waals surface area contributed by atoms with Crippen molar-refractivity contribution >= 4 is 104 Å². The number of phosphoric ester groups is 1. The number of nitrogens with zero attached hydrogens (tertiary/aromatic N) is 4. The molecule has 1 N–H and O–H groups in total. The zero-order valence-electron chi connectivity index (χ0n) is 76.1. The second kappa shape index (κ2) is 39.0. The molecule has 31 unspecified atom stereocenters. The third-order valence-electron chi connectivity index (χ3n) is 31.9. The first-order valence-corrected chi connectivity index (χ1v) is 51.5. The number of rotatable bonds is 35. The molecule has 18 rings (SSSR count). The van der Waals surface area contributed by atoms with Crippen LogP contribution in [0.25, 0.3) is 19.4 Å². The lowest BCUT2D eigenvalue weighted by Crippen LogP contribution is -2.40. The van der Waals surface area contributed by atoms with E-state index < -0.39 is 94.7 Å². The number of hydrogen-bond donors (Lipinski definition) is 1. The summed E-state index contributed by atoms with van der Waals surface area (Å²) in [6.07, 6.45) is 26.3. The Hall–Kier alpha value is -0.776. The summed E-state index contributed by atoms with van der Waals surface area (Å²) in [6, 6.07) is 0. The maximum Gasteiger partial charge on any atom is 0.475 e. The summed E-state index contributed by atoms with van der Waals surface area (Å²) in [5, 5.41) is 9.15. The Kier molecular flexibility index (Phi) is 31.7. The van der Waals surface area contributed by atoms with Gasteiger partial charge in [0.2, 0.25) is 26.2 Å². The first-order valence-electron chi connectivity index (χ1n) is 46.3. The minimum Gasteiger partial charge on any atom is -0.393 e. The molecule has 125 heavy (non-hydrogen) atoms. The van der Waals surface area contributed by atoms with E-state index in [1.807, 2.05) is 13.6 Å². The molecule has 0 aromatic carbocycles. The molecule has 0 aromatic rings. The minimum atomic E-state index is -3.95. The topological polar surface area (TPSA) is 239 Å². The van der Waals surface area contributed by atoms with E-state index in [9.17, 15) is 4.57 Å². The Morgan fingerprint density at radius 2 is 0.584 bits per heavy atom. The van der Waals surface area contributed by atoms with Crippen LogP contribution < -0.4 is 0 Å². The highest BCUT2D eigenvalue weighted by atomic mass is 31.2. The molecule has 0 aromatic heterocycles. The van der Waals surface area contributed by atoms with Crippen molar-refractivity contribution in [1.29, 1.82) is 0 Å². The Labute approximate surface area is 761 Å². The van der Waals surface area contributed by atoms with E-state index in [4.69, 9.17) is 194 Å². The van der Waals surface area contributed by atoms with Gasteiger partial charge in [0.25, 0.3) is 0 Å². The largest absolute Gasteiger partial charge is 0.475 e. The molecule has 674 valence electrons. The molecule has 18 aliphatic rings. The highest BCUT2D eigenvalue weighted by molar-refractivity contribution is 7.48. The van der Waals surface area contributed by atoms with Crippen LogP contribution in [-0.4, -0.2) is 286 Å². The van der Waals surface area contributed by atoms with Crippen LogP contribution in [0.15, 0.2) is 0 Å². The van der Waals surface area contributed by atoms with Crippen LogP contribution in [0.4, 0.5) is 0 Å². The van der Waals surface area contributed by atoms with Crippen molar-refractivity contribution in [3.05, 3.63) is 45.7 Å². The van der Waals surface area contributed by atoms with E-state index in [-0.39, 0.29) is 122 Å². The van der Waals surface area contributed by atoms with Crippen LogP contribution in [0.2, 0.25) is 0 Å². The summed E-state index contributed by atoms with van der Waals surface area (Å²) in [4.78, 5) is 13.2. The molecular formula is C86H131B9N4O22P4. The average Bonchev–Trinajstić information content (AvgIpc) is 1.58. The monoisotopic (exact) mass is 1790 g/mol. The maximum atomic E-state index is 13.5. The van der Waals surface area contributed by atoms with Crippen molar-refractivity contribution in [2.75, 3.05) is 85.7 Å². The zero-order valence-corrected chi connectivity index (χ0v) is 79.7. The van der Waals surface area contributed by atoms with Gasteiger partial charge in [-0.1, -0.05) is 69.2 Å². The smallest absolute Gasteiger partial charge is 0.393 e. The summed E-state index contributed by atoms with van der Waals surface area (Å²) in [5.74, 6) is 1.90. The molecule has 31 atom stereocenters. The fraction of sp³-hybridized carbons (Fsp3) is 0.953. The van der Waals surface area contributed by atoms with Gasteiger partial charge >= 0.3 is 25.0 Å². The highest BCUT2D eigenvalue weighted by Gasteiger charge is 2.67. The van der Waals surface area contributed by atoms with Gasteiger partial charge in [0.1, 0.15) is 103 Å². The third-order valence-corrected chi connectivity index (χ3v) is 36.7. The summed E-state index contributed by atoms with van der Waals surface area (Å²) in [6.45, 7) is 53.7. The van der Waals surface area contributed by atoms with Gasteiger partial charge in [-0.25, -0.2) is 30.9 Å². The molecule has 0 saturated carbocycles. The van der Waals surface area contributed by atoms with E-state index in [1.54, 1.807) is 0 Å². The Bertz CT molecular complexity index is 3820. The lowest BCUT2D eigenvalue weighted by Gasteiger charge is -2.35. The predicted octanol–water partition coefficient (Wildman–Crippen LogP) is 14.3. The molecule has 18 heterocycles. The van der Waals surface area contributed by atoms with E-state index in [1.165, 1.54) is 6.42 Å². The fourth-order valence-electron chi connectivity index (χ4n) is 24.0. The SMILES string of the molecule is [B]C12CCC(CC)(O1)C(C)C2.[B]C12CCC(CC)(O1)C(OP(C)OCC[N+]#[C-])C2.[B]C12CCC(CO)(O1)C(C)C2.[B]C12CCC(COP(=O)(OCC[N+]#[C-])OC3CC4([B])CCC3(CC)O4)(O1)C(C)C2.[B]C12CCC(COP(OCC[N+]#[C-])OC3CC4([B])CCC3(CC)O4)(O1)C(C)C2.[B]C12CCC(COP(OCC[N+]#[C-])OC3CC4([B])CCC3(CC)O4)(O1)C(C)C2. The molecule has 0 amide bonds. The molecule has 26 nitrogen and oxygen atoms in total. The van der Waals surface area contributed by atoms with Gasteiger partial charge in [0.15, 0.2) is 8.38 Å². The molecule has 18 fully saturated rings. The van der Waals surface area contributed by atoms with Gasteiger partial charge in [-0.15, -0.1) is 0 Å². The first kappa shape index (κ1) is 102. The molecule has 18 radical (unpaired) electrons. The van der Waals surface area contributed by atoms with Crippen molar-refractivity contribution < 1.29 is 102 Å². The van der Waals surface area contributed by atoms with Crippen LogP contribution in [0.1, 0.15) is 275 Å². The van der Waals surface area contributed by atoms with Gasteiger partial charge in [-0.05, 0) is 235 Å². The molecule has 18 bridgehead atoms. The second-order valence-corrected chi connectivity index (χ2v) is 45.6. The van der Waals surface area contributed by atoms with E-state index in [2.05, 4.69) is 81.7 Å². The second-order valence-electron chi connectivity index (χ2n) is 40.2. The Morgan fingerprint density at radius 1 is 0.328 bits per heavy atom. The van der Waals surface area contributed by atoms with Gasteiger partial charge in [-0.3, -0.25) is 13.6 Å². The molecule has 18 saturated heterocycles. The number of fused-ring (bicyclic) bond motifs is 18. The van der Waals surface area contributed by atoms with Gasteiger partial charge in [-0.2, -0.15) is 0 Å². The number of aliphatic hydroxyl groups is 1. The van der Waals surface area contributed by atoms with Gasteiger partial charge < -0.3 is 103 Å². The Balaban J connectivity index is 0.000000133. The van der Waals surface area contributed by atoms with Crippen molar-refractivity contribution in [3.63, 3.8) is 0 Å². The summed E-state index contributed by atoms with van der Waals surface area (Å²) in [7, 11) is 47.8. The van der Waals surface area contributed by atoms with Crippen LogP contribution in [-0.2, 0) is 97.0 Å². The van der Waals surface area contributed by atoms with Gasteiger partial charge in [0.05, 0.1) is 95.1 Å². The maximum absolute atomic E-state index is 13.5. The van der Waals surface area contributed by atoms with E-state index >= 15 is 0 Å². The molecule has 39 heteroatoms. The van der Waals surface area contributed by atoms with Crippen molar-refractivity contribution in [1.82, 2.24) is 0 Å². The lowest BCUT2D eigenvalue weighted by atomic mass is 9.66. The number of aliphatic hydroxyl groups excluding tert-OH is 1. The van der Waals surface area contributed by atoms with Crippen LogP contribution in [0, 0.1) is 55.9 Å². The number of hydrogen-bond acceptors (Lipinski definition) is 22. The number of ether oxygens (including phenoxy) is 9. The lowest BCUT2D eigenvalue weighted by molar-refractivity contribution is -0.0760. The Morgan fingerprint density at radius 3 is 0.856 bits per heavy atom. The van der Waals surface area contributed by atoms with Crippen LogP contribution in [0.3, 0.4) is 0 Å². The summed E-state index contributed by atoms with van der Waals surface area (Å²) < 4.78 is 133. The van der Waals surface area contributed by atoms with Crippen LogP contribution in [0.5, 0.6) is 0 Å². The first-order chi connectivity index (χ1) is 58.9. The van der Waals surface area contributed by atoms with E-state index in [0.29, 0.717) is 75.7 Å². The normalized spacial score (nSPS) is 47.7. The zero-order chi connectivity index (χ0) is 90.5. The summed E-state index contributed by atoms with van der Waals surface area (Å²) in [5.41, 5.74) is -7.79. The van der Waals surface area contributed by atoms with E-state index in [0.717, 1.165) is 173 Å². The van der Waals surface area contributed by atoms with Gasteiger partial charge in [0, 0.05) is 56.2 Å². The van der Waals surface area contributed by atoms with Crippen molar-refractivity contribution in [3.8, 4) is 0 Å². The molecule has 0 spiro atoms. The molecule has 18 aliphatic heterocycles. The number of phosphoric acid groups is 1.